The molecule has 0 spiro atoms. The van der Waals surface area contributed by atoms with E-state index in [-0.39, 0.29) is 5.57 Å². The lowest BCUT2D eigenvalue weighted by Crippen LogP contribution is -2.35. The fourth-order valence-corrected chi connectivity index (χ4v) is 2.58. The van der Waals surface area contributed by atoms with Crippen molar-refractivity contribution in [2.75, 3.05) is 12.1 Å². The Labute approximate surface area is 156 Å². The van der Waals surface area contributed by atoms with Gasteiger partial charge < -0.3 is 9.47 Å². The molecule has 0 aliphatic carbocycles. The number of carbonyl (C=O) groups excluding carboxylic acids is 3. The molecular weight excluding hydrogens is 348 g/mol. The van der Waals surface area contributed by atoms with Crippen LogP contribution in [0.3, 0.4) is 0 Å². The lowest BCUT2D eigenvalue weighted by molar-refractivity contribution is -0.147. The summed E-state index contributed by atoms with van der Waals surface area (Å²) in [6.45, 7) is 1.57. The van der Waals surface area contributed by atoms with E-state index in [9.17, 15) is 14.4 Å². The normalized spacial score (nSPS) is 16.2. The largest absolute Gasteiger partial charge is 0.479 e. The van der Waals surface area contributed by atoms with Gasteiger partial charge in [0.15, 0.2) is 6.10 Å². The first-order chi connectivity index (χ1) is 13.0. The molecule has 0 aromatic heterocycles. The molecule has 2 aromatic rings. The van der Waals surface area contributed by atoms with E-state index < -0.39 is 23.9 Å². The van der Waals surface area contributed by atoms with E-state index in [1.54, 1.807) is 55.5 Å². The van der Waals surface area contributed by atoms with Gasteiger partial charge in [0.05, 0.1) is 12.8 Å². The van der Waals surface area contributed by atoms with Gasteiger partial charge in [-0.15, -0.1) is 0 Å². The number of para-hydroxylation sites is 1. The minimum atomic E-state index is -0.775. The van der Waals surface area contributed by atoms with Crippen LogP contribution in [0.15, 0.2) is 60.2 Å². The van der Waals surface area contributed by atoms with Crippen LogP contribution < -0.4 is 15.2 Å². The highest BCUT2D eigenvalue weighted by atomic mass is 16.6. The number of hydrogen-bond donors (Lipinski definition) is 1. The van der Waals surface area contributed by atoms with Gasteiger partial charge in [-0.3, -0.25) is 15.0 Å². The first kappa shape index (κ1) is 18.2. The van der Waals surface area contributed by atoms with Crippen LogP contribution in [-0.4, -0.2) is 31.0 Å². The van der Waals surface area contributed by atoms with Crippen LogP contribution in [0.2, 0.25) is 0 Å². The van der Waals surface area contributed by atoms with Gasteiger partial charge in [-0.05, 0) is 42.8 Å². The molecule has 27 heavy (non-hydrogen) atoms. The summed E-state index contributed by atoms with van der Waals surface area (Å²) in [5.41, 5.74) is 3.72. The third-order valence-electron chi connectivity index (χ3n) is 3.92. The van der Waals surface area contributed by atoms with Crippen molar-refractivity contribution in [3.63, 3.8) is 0 Å². The van der Waals surface area contributed by atoms with E-state index in [0.29, 0.717) is 17.0 Å². The molecule has 3 rings (SSSR count). The summed E-state index contributed by atoms with van der Waals surface area (Å²) < 4.78 is 10.1. The SMILES string of the molecule is COC(=O)C(C)Oc1cccc(C=C2C(=O)NN(c3ccccc3)C2=O)c1. The Balaban J connectivity index is 1.82. The van der Waals surface area contributed by atoms with E-state index in [1.807, 2.05) is 6.07 Å². The molecule has 1 fully saturated rings. The molecule has 2 amide bonds. The zero-order valence-electron chi connectivity index (χ0n) is 14.8. The topological polar surface area (TPSA) is 84.9 Å². The van der Waals surface area contributed by atoms with Gasteiger partial charge in [-0.1, -0.05) is 30.3 Å². The van der Waals surface area contributed by atoms with Gasteiger partial charge in [0.25, 0.3) is 11.8 Å². The van der Waals surface area contributed by atoms with E-state index in [2.05, 4.69) is 10.2 Å². The standard InChI is InChI=1S/C20H18N2O5/c1-13(20(25)26-2)27-16-10-6-7-14(11-16)12-17-18(23)21-22(19(17)24)15-8-4-3-5-9-15/h3-13H,1-2H3,(H,21,23). The molecule has 7 nitrogen and oxygen atoms in total. The second kappa shape index (κ2) is 7.74. The molecule has 7 heteroatoms. The van der Waals surface area contributed by atoms with Gasteiger partial charge in [0, 0.05) is 0 Å². The lowest BCUT2D eigenvalue weighted by Gasteiger charge is -2.14. The molecule has 0 bridgehead atoms. The van der Waals surface area contributed by atoms with Gasteiger partial charge in [-0.25, -0.2) is 9.80 Å². The van der Waals surface area contributed by atoms with E-state index in [0.717, 1.165) is 0 Å². The average Bonchev–Trinajstić information content (AvgIpc) is 2.96. The van der Waals surface area contributed by atoms with Gasteiger partial charge >= 0.3 is 5.97 Å². The van der Waals surface area contributed by atoms with Crippen molar-refractivity contribution < 1.29 is 23.9 Å². The van der Waals surface area contributed by atoms with Crippen molar-refractivity contribution in [3.05, 3.63) is 65.7 Å². The Morgan fingerprint density at radius 2 is 1.85 bits per heavy atom. The Kier molecular flexibility index (Phi) is 5.21. The Morgan fingerprint density at radius 3 is 2.56 bits per heavy atom. The van der Waals surface area contributed by atoms with Crippen LogP contribution in [0.4, 0.5) is 5.69 Å². The Morgan fingerprint density at radius 1 is 1.11 bits per heavy atom. The zero-order valence-corrected chi connectivity index (χ0v) is 14.8. The first-order valence-corrected chi connectivity index (χ1v) is 8.26. The molecule has 1 heterocycles. The summed E-state index contributed by atoms with van der Waals surface area (Å²) in [4.78, 5) is 36.3. The number of nitrogens with zero attached hydrogens (tertiary/aromatic N) is 1. The van der Waals surface area contributed by atoms with Crippen molar-refractivity contribution >= 4 is 29.5 Å². The molecule has 1 atom stereocenters. The molecule has 1 aliphatic heterocycles. The summed E-state index contributed by atoms with van der Waals surface area (Å²) in [5.74, 6) is -1.01. The van der Waals surface area contributed by atoms with Crippen LogP contribution in [0.25, 0.3) is 6.08 Å². The number of hydrogen-bond acceptors (Lipinski definition) is 5. The number of hydrazine groups is 1. The summed E-state index contributed by atoms with van der Waals surface area (Å²) in [7, 11) is 1.28. The van der Waals surface area contributed by atoms with Crippen LogP contribution in [0.1, 0.15) is 12.5 Å². The number of esters is 1. The third-order valence-corrected chi connectivity index (χ3v) is 3.92. The maximum atomic E-state index is 12.6. The predicted molar refractivity (Wildman–Crippen MR) is 98.6 cm³/mol. The maximum Gasteiger partial charge on any atom is 0.346 e. The molecule has 0 radical (unpaired) electrons. The Bertz CT molecular complexity index is 908. The highest BCUT2D eigenvalue weighted by molar-refractivity contribution is 6.31. The molecule has 1 unspecified atom stereocenters. The number of amides is 2. The van der Waals surface area contributed by atoms with E-state index in [4.69, 9.17) is 4.74 Å². The summed E-state index contributed by atoms with van der Waals surface area (Å²) in [5, 5.41) is 1.20. The molecular formula is C20H18N2O5. The monoisotopic (exact) mass is 366 g/mol. The highest BCUT2D eigenvalue weighted by Crippen LogP contribution is 2.23. The van der Waals surface area contributed by atoms with E-state index >= 15 is 0 Å². The minimum Gasteiger partial charge on any atom is -0.479 e. The summed E-state index contributed by atoms with van der Waals surface area (Å²) in [6.07, 6.45) is 0.707. The van der Waals surface area contributed by atoms with Crippen LogP contribution in [0.5, 0.6) is 5.75 Å². The third kappa shape index (κ3) is 3.98. The molecule has 2 aromatic carbocycles. The Hall–Kier alpha value is -3.61. The highest BCUT2D eigenvalue weighted by Gasteiger charge is 2.34. The number of nitrogens with one attached hydrogen (secondary N) is 1. The molecule has 138 valence electrons. The van der Waals surface area contributed by atoms with Crippen molar-refractivity contribution in [1.82, 2.24) is 5.43 Å². The van der Waals surface area contributed by atoms with Crippen LogP contribution in [-0.2, 0) is 19.1 Å². The number of rotatable bonds is 5. The molecule has 1 aliphatic rings. The minimum absolute atomic E-state index is 0.0111. The summed E-state index contributed by atoms with van der Waals surface area (Å²) in [6, 6.07) is 15.6. The number of methoxy groups -OCH3 is 1. The fourth-order valence-electron chi connectivity index (χ4n) is 2.58. The van der Waals surface area contributed by atoms with Crippen LogP contribution in [0, 0.1) is 0 Å². The van der Waals surface area contributed by atoms with Gasteiger partial charge in [0.2, 0.25) is 0 Å². The van der Waals surface area contributed by atoms with Crippen molar-refractivity contribution in [2.45, 2.75) is 13.0 Å². The number of carbonyl (C=O) groups is 3. The zero-order chi connectivity index (χ0) is 19.4. The number of ether oxygens (including phenoxy) is 2. The van der Waals surface area contributed by atoms with Gasteiger partial charge in [0.1, 0.15) is 11.3 Å². The molecule has 1 saturated heterocycles. The maximum absolute atomic E-state index is 12.6. The number of anilines is 1. The van der Waals surface area contributed by atoms with Crippen molar-refractivity contribution in [2.24, 2.45) is 0 Å². The average molecular weight is 366 g/mol. The summed E-state index contributed by atoms with van der Waals surface area (Å²) >= 11 is 0. The fraction of sp³-hybridized carbons (Fsp3) is 0.150. The lowest BCUT2D eigenvalue weighted by atomic mass is 10.1. The van der Waals surface area contributed by atoms with Crippen molar-refractivity contribution in [3.8, 4) is 5.75 Å². The number of benzene rings is 2. The van der Waals surface area contributed by atoms with Crippen LogP contribution >= 0.6 is 0 Å². The quantitative estimate of drug-likeness (QED) is 0.498. The second-order valence-corrected chi connectivity index (χ2v) is 5.83. The molecule has 0 saturated carbocycles. The second-order valence-electron chi connectivity index (χ2n) is 5.83. The molecule has 1 N–H and O–H groups in total. The van der Waals surface area contributed by atoms with E-state index in [1.165, 1.54) is 18.2 Å². The first-order valence-electron chi connectivity index (χ1n) is 8.26. The smallest absolute Gasteiger partial charge is 0.346 e. The predicted octanol–water partition coefficient (Wildman–Crippen LogP) is 2.09. The van der Waals surface area contributed by atoms with Crippen molar-refractivity contribution in [1.29, 1.82) is 0 Å². The van der Waals surface area contributed by atoms with Gasteiger partial charge in [-0.2, -0.15) is 0 Å².